The van der Waals surface area contributed by atoms with E-state index in [0.29, 0.717) is 11.3 Å². The molecule has 0 fully saturated rings. The number of hydrogen-bond donors (Lipinski definition) is 3. The lowest BCUT2D eigenvalue weighted by molar-refractivity contribution is 0.282. The highest BCUT2D eigenvalue weighted by atomic mass is 32.2. The number of aliphatic hydroxyl groups excluding tert-OH is 1. The molecule has 7 heteroatoms. The molecular formula is C10H11N3O3S. The Hall–Kier alpha value is -1.86. The second-order valence-corrected chi connectivity index (χ2v) is 5.08. The molecular weight excluding hydrogens is 242 g/mol. The number of anilines is 1. The molecule has 1 heterocycles. The fourth-order valence-electron chi connectivity index (χ4n) is 1.33. The Labute approximate surface area is 98.4 Å². The van der Waals surface area contributed by atoms with Gasteiger partial charge in [0.1, 0.15) is 4.90 Å². The van der Waals surface area contributed by atoms with Crippen molar-refractivity contribution in [1.29, 1.82) is 0 Å². The number of benzene rings is 1. The van der Waals surface area contributed by atoms with Crippen molar-refractivity contribution in [2.24, 2.45) is 0 Å². The number of rotatable bonds is 4. The predicted molar refractivity (Wildman–Crippen MR) is 61.8 cm³/mol. The van der Waals surface area contributed by atoms with E-state index >= 15 is 0 Å². The van der Waals surface area contributed by atoms with Gasteiger partial charge in [0.2, 0.25) is 0 Å². The van der Waals surface area contributed by atoms with E-state index in [1.165, 1.54) is 12.4 Å². The summed E-state index contributed by atoms with van der Waals surface area (Å²) in [5, 5.41) is 15.0. The summed E-state index contributed by atoms with van der Waals surface area (Å²) >= 11 is 0. The van der Waals surface area contributed by atoms with Crippen molar-refractivity contribution in [2.75, 3.05) is 4.72 Å². The summed E-state index contributed by atoms with van der Waals surface area (Å²) in [6.07, 6.45) is 2.51. The van der Waals surface area contributed by atoms with Gasteiger partial charge in [-0.05, 0) is 17.7 Å². The average Bonchev–Trinajstić information content (AvgIpc) is 2.83. The number of nitrogens with zero attached hydrogens (tertiary/aromatic N) is 1. The molecule has 0 spiro atoms. The van der Waals surface area contributed by atoms with Crippen LogP contribution in [0.1, 0.15) is 5.56 Å². The molecule has 2 aromatic rings. The Balaban J connectivity index is 2.26. The van der Waals surface area contributed by atoms with Crippen LogP contribution in [0.3, 0.4) is 0 Å². The van der Waals surface area contributed by atoms with Gasteiger partial charge < -0.3 is 5.11 Å². The van der Waals surface area contributed by atoms with E-state index < -0.39 is 10.0 Å². The molecule has 0 aliphatic rings. The smallest absolute Gasteiger partial charge is 0.265 e. The van der Waals surface area contributed by atoms with E-state index in [1.807, 2.05) is 0 Å². The summed E-state index contributed by atoms with van der Waals surface area (Å²) in [4.78, 5) is 0.0619. The van der Waals surface area contributed by atoms with Gasteiger partial charge in [0, 0.05) is 11.9 Å². The molecule has 2 rings (SSSR count). The molecule has 17 heavy (non-hydrogen) atoms. The summed E-state index contributed by atoms with van der Waals surface area (Å²) in [5.74, 6) is 0. The summed E-state index contributed by atoms with van der Waals surface area (Å²) in [5.41, 5.74) is 1.04. The third-order valence-electron chi connectivity index (χ3n) is 2.15. The van der Waals surface area contributed by atoms with Crippen molar-refractivity contribution in [3.8, 4) is 0 Å². The topological polar surface area (TPSA) is 95.1 Å². The van der Waals surface area contributed by atoms with Crippen LogP contribution in [0.5, 0.6) is 0 Å². The molecule has 0 aliphatic heterocycles. The standard InChI is InChI=1S/C10H11N3O3S/c14-7-8-2-1-3-9(4-8)13-17(15,16)10-5-11-12-6-10/h1-6,13-14H,7H2,(H,11,12). The SMILES string of the molecule is O=S(=O)(Nc1cccc(CO)c1)c1cn[nH]c1. The second-order valence-electron chi connectivity index (χ2n) is 3.40. The molecule has 0 saturated carbocycles. The monoisotopic (exact) mass is 253 g/mol. The van der Waals surface area contributed by atoms with Crippen LogP contribution in [0.25, 0.3) is 0 Å². The summed E-state index contributed by atoms with van der Waals surface area (Å²) in [7, 11) is -3.62. The lowest BCUT2D eigenvalue weighted by atomic mass is 10.2. The van der Waals surface area contributed by atoms with Crippen molar-refractivity contribution in [2.45, 2.75) is 11.5 Å². The first-order chi connectivity index (χ1) is 8.12. The average molecular weight is 253 g/mol. The molecule has 0 atom stereocenters. The van der Waals surface area contributed by atoms with Crippen LogP contribution in [0.2, 0.25) is 0 Å². The van der Waals surface area contributed by atoms with Crippen LogP contribution in [-0.2, 0) is 16.6 Å². The summed E-state index contributed by atoms with van der Waals surface area (Å²) in [6, 6.07) is 6.54. The maximum absolute atomic E-state index is 11.8. The predicted octanol–water partition coefficient (Wildman–Crippen LogP) is 0.703. The maximum Gasteiger partial charge on any atom is 0.265 e. The van der Waals surface area contributed by atoms with Crippen LogP contribution in [0, 0.1) is 0 Å². The number of aromatic amines is 1. The van der Waals surface area contributed by atoms with Gasteiger partial charge in [-0.3, -0.25) is 9.82 Å². The van der Waals surface area contributed by atoms with Crippen LogP contribution < -0.4 is 4.72 Å². The van der Waals surface area contributed by atoms with Gasteiger partial charge in [0.25, 0.3) is 10.0 Å². The quantitative estimate of drug-likeness (QED) is 0.747. The maximum atomic E-state index is 11.8. The zero-order valence-electron chi connectivity index (χ0n) is 8.79. The van der Waals surface area contributed by atoms with Gasteiger partial charge >= 0.3 is 0 Å². The highest BCUT2D eigenvalue weighted by Crippen LogP contribution is 2.16. The molecule has 0 aliphatic carbocycles. The van der Waals surface area contributed by atoms with Crippen LogP contribution in [0.4, 0.5) is 5.69 Å². The molecule has 0 saturated heterocycles. The lowest BCUT2D eigenvalue weighted by Gasteiger charge is -2.06. The zero-order chi connectivity index (χ0) is 12.3. The minimum atomic E-state index is -3.62. The molecule has 6 nitrogen and oxygen atoms in total. The van der Waals surface area contributed by atoms with Crippen molar-refractivity contribution < 1.29 is 13.5 Å². The largest absolute Gasteiger partial charge is 0.392 e. The molecule has 0 unspecified atom stereocenters. The van der Waals surface area contributed by atoms with Crippen molar-refractivity contribution in [1.82, 2.24) is 10.2 Å². The Bertz CT molecular complexity index is 593. The third-order valence-corrected chi connectivity index (χ3v) is 3.49. The van der Waals surface area contributed by atoms with E-state index in [1.54, 1.807) is 24.3 Å². The van der Waals surface area contributed by atoms with Crippen LogP contribution in [0.15, 0.2) is 41.6 Å². The van der Waals surface area contributed by atoms with Gasteiger partial charge in [-0.25, -0.2) is 8.42 Å². The summed E-state index contributed by atoms with van der Waals surface area (Å²) < 4.78 is 26.1. The normalized spacial score (nSPS) is 11.4. The highest BCUT2D eigenvalue weighted by Gasteiger charge is 2.15. The third kappa shape index (κ3) is 2.63. The Morgan fingerprint density at radius 2 is 2.24 bits per heavy atom. The van der Waals surface area contributed by atoms with E-state index in [2.05, 4.69) is 14.9 Å². The van der Waals surface area contributed by atoms with E-state index in [9.17, 15) is 8.42 Å². The first-order valence-electron chi connectivity index (χ1n) is 4.83. The van der Waals surface area contributed by atoms with Gasteiger partial charge in [0.15, 0.2) is 0 Å². The molecule has 0 amide bonds. The van der Waals surface area contributed by atoms with Gasteiger partial charge in [-0.1, -0.05) is 12.1 Å². The minimum absolute atomic E-state index is 0.0619. The number of H-pyrrole nitrogens is 1. The summed E-state index contributed by atoms with van der Waals surface area (Å²) in [6.45, 7) is -0.138. The van der Waals surface area contributed by atoms with Gasteiger partial charge in [-0.2, -0.15) is 5.10 Å². The van der Waals surface area contributed by atoms with Crippen LogP contribution in [-0.4, -0.2) is 23.7 Å². The Morgan fingerprint density at radius 1 is 1.41 bits per heavy atom. The van der Waals surface area contributed by atoms with E-state index in [4.69, 9.17) is 5.11 Å². The highest BCUT2D eigenvalue weighted by molar-refractivity contribution is 7.92. The zero-order valence-corrected chi connectivity index (χ0v) is 9.61. The van der Waals surface area contributed by atoms with Gasteiger partial charge in [-0.15, -0.1) is 0 Å². The lowest BCUT2D eigenvalue weighted by Crippen LogP contribution is -2.12. The van der Waals surface area contributed by atoms with Crippen molar-refractivity contribution in [3.63, 3.8) is 0 Å². The molecule has 1 aromatic carbocycles. The van der Waals surface area contributed by atoms with Crippen molar-refractivity contribution >= 4 is 15.7 Å². The minimum Gasteiger partial charge on any atom is -0.392 e. The number of sulfonamides is 1. The second kappa shape index (κ2) is 4.56. The Morgan fingerprint density at radius 3 is 2.88 bits per heavy atom. The number of hydrogen-bond acceptors (Lipinski definition) is 4. The number of nitrogens with one attached hydrogen (secondary N) is 2. The fourth-order valence-corrected chi connectivity index (χ4v) is 2.29. The molecule has 0 radical (unpaired) electrons. The molecule has 90 valence electrons. The van der Waals surface area contributed by atoms with Crippen LogP contribution >= 0.6 is 0 Å². The first kappa shape index (κ1) is 11.6. The Kier molecular flexibility index (Phi) is 3.12. The van der Waals surface area contributed by atoms with Crippen molar-refractivity contribution in [3.05, 3.63) is 42.2 Å². The first-order valence-corrected chi connectivity index (χ1v) is 6.31. The molecule has 0 bridgehead atoms. The van der Waals surface area contributed by atoms with E-state index in [-0.39, 0.29) is 11.5 Å². The molecule has 1 aromatic heterocycles. The number of aromatic nitrogens is 2. The molecule has 3 N–H and O–H groups in total. The van der Waals surface area contributed by atoms with Gasteiger partial charge in [0.05, 0.1) is 12.8 Å². The van der Waals surface area contributed by atoms with E-state index in [0.717, 1.165) is 0 Å². The number of aliphatic hydroxyl groups is 1. The fraction of sp³-hybridized carbons (Fsp3) is 0.100.